The molecule has 4 nitrogen and oxygen atoms in total. The molecule has 0 spiro atoms. The first kappa shape index (κ1) is 18.8. The molecule has 0 aliphatic heterocycles. The van der Waals surface area contributed by atoms with Gasteiger partial charge in [-0.2, -0.15) is 0 Å². The van der Waals surface area contributed by atoms with Crippen LogP contribution in [0, 0.1) is 22.7 Å². The van der Waals surface area contributed by atoms with Gasteiger partial charge in [0.05, 0.1) is 5.41 Å². The smallest absolute Gasteiger partial charge is 0.330 e. The van der Waals surface area contributed by atoms with Gasteiger partial charge >= 0.3 is 11.9 Å². The zero-order valence-corrected chi connectivity index (χ0v) is 15.1. The van der Waals surface area contributed by atoms with Crippen LogP contribution in [0.25, 0.3) is 0 Å². The van der Waals surface area contributed by atoms with E-state index >= 15 is 0 Å². The van der Waals surface area contributed by atoms with E-state index in [4.69, 9.17) is 5.11 Å². The molecule has 2 saturated carbocycles. The lowest BCUT2D eigenvalue weighted by Gasteiger charge is -2.57. The van der Waals surface area contributed by atoms with Crippen LogP contribution in [0.5, 0.6) is 0 Å². The quantitative estimate of drug-likeness (QED) is 0.566. The van der Waals surface area contributed by atoms with E-state index in [1.54, 1.807) is 13.0 Å². The third-order valence-electron chi connectivity index (χ3n) is 6.75. The van der Waals surface area contributed by atoms with Crippen LogP contribution in [0.15, 0.2) is 23.8 Å². The summed E-state index contributed by atoms with van der Waals surface area (Å²) in [6, 6.07) is 0. The summed E-state index contributed by atoms with van der Waals surface area (Å²) in [5.41, 5.74) is 0.881. The topological polar surface area (TPSA) is 74.6 Å². The molecule has 0 amide bonds. The van der Waals surface area contributed by atoms with Crippen molar-refractivity contribution in [1.82, 2.24) is 0 Å². The van der Waals surface area contributed by atoms with Crippen molar-refractivity contribution in [2.75, 3.05) is 0 Å². The highest BCUT2D eigenvalue weighted by molar-refractivity contribution is 5.85. The summed E-state index contributed by atoms with van der Waals surface area (Å²) in [7, 11) is 0. The minimum Gasteiger partial charge on any atom is -0.481 e. The molecule has 134 valence electrons. The molecule has 2 rings (SSSR count). The fraction of sp³-hybridized carbons (Fsp3) is 0.700. The summed E-state index contributed by atoms with van der Waals surface area (Å²) < 4.78 is 0. The van der Waals surface area contributed by atoms with Crippen LogP contribution in [0.3, 0.4) is 0 Å². The summed E-state index contributed by atoms with van der Waals surface area (Å²) in [5, 5.41) is 18.8. The van der Waals surface area contributed by atoms with Crippen molar-refractivity contribution in [3.8, 4) is 0 Å². The number of hydrogen-bond acceptors (Lipinski definition) is 2. The lowest BCUT2D eigenvalue weighted by molar-refractivity contribution is -0.164. The van der Waals surface area contributed by atoms with Crippen LogP contribution in [-0.2, 0) is 9.59 Å². The molecule has 2 fully saturated rings. The van der Waals surface area contributed by atoms with E-state index in [-0.39, 0.29) is 17.3 Å². The van der Waals surface area contributed by atoms with Gasteiger partial charge in [0.1, 0.15) is 0 Å². The van der Waals surface area contributed by atoms with Crippen LogP contribution in [0.2, 0.25) is 0 Å². The maximum atomic E-state index is 11.9. The Morgan fingerprint density at radius 3 is 2.54 bits per heavy atom. The van der Waals surface area contributed by atoms with Crippen LogP contribution in [-0.4, -0.2) is 22.2 Å². The molecule has 2 aliphatic carbocycles. The van der Waals surface area contributed by atoms with E-state index in [2.05, 4.69) is 13.5 Å². The first-order valence-electron chi connectivity index (χ1n) is 8.94. The Bertz CT molecular complexity index is 576. The summed E-state index contributed by atoms with van der Waals surface area (Å²) in [4.78, 5) is 22.9. The molecule has 0 aromatic heterocycles. The second-order valence-corrected chi connectivity index (χ2v) is 8.15. The highest BCUT2D eigenvalue weighted by Crippen LogP contribution is 2.61. The molecule has 0 heterocycles. The van der Waals surface area contributed by atoms with Crippen molar-refractivity contribution in [1.29, 1.82) is 0 Å². The van der Waals surface area contributed by atoms with Crippen molar-refractivity contribution in [2.24, 2.45) is 22.7 Å². The number of fused-ring (bicyclic) bond motifs is 1. The molecule has 4 heteroatoms. The molecule has 4 atom stereocenters. The van der Waals surface area contributed by atoms with Crippen LogP contribution < -0.4 is 0 Å². The largest absolute Gasteiger partial charge is 0.481 e. The normalized spacial score (nSPS) is 37.0. The molecule has 0 unspecified atom stereocenters. The summed E-state index contributed by atoms with van der Waals surface area (Å²) in [6.07, 6.45) is 7.84. The number of carboxylic acids is 2. The number of carbonyl (C=O) groups is 2. The monoisotopic (exact) mass is 334 g/mol. The molecule has 0 aromatic carbocycles. The van der Waals surface area contributed by atoms with E-state index in [1.165, 1.54) is 5.57 Å². The second kappa shape index (κ2) is 6.73. The second-order valence-electron chi connectivity index (χ2n) is 8.15. The fourth-order valence-corrected chi connectivity index (χ4v) is 5.29. The maximum Gasteiger partial charge on any atom is 0.330 e. The highest BCUT2D eigenvalue weighted by atomic mass is 16.4. The minimum absolute atomic E-state index is 0.0499. The Morgan fingerprint density at radius 2 is 1.96 bits per heavy atom. The summed E-state index contributed by atoms with van der Waals surface area (Å²) >= 11 is 0. The van der Waals surface area contributed by atoms with E-state index < -0.39 is 17.4 Å². The Morgan fingerprint density at radius 1 is 1.29 bits per heavy atom. The SMILES string of the molecule is C=C1CC[C@H]2[C@@](C)(CCC[C@@]2(C)C(=O)O)[C@@H]1CC/C=C(/C)C(=O)O. The Balaban J connectivity index is 2.24. The van der Waals surface area contributed by atoms with Crippen LogP contribution in [0.4, 0.5) is 0 Å². The number of aliphatic carboxylic acids is 2. The Hall–Kier alpha value is -1.58. The summed E-state index contributed by atoms with van der Waals surface area (Å²) in [6.45, 7) is 10.0. The van der Waals surface area contributed by atoms with Gasteiger partial charge in [0, 0.05) is 5.57 Å². The van der Waals surface area contributed by atoms with Gasteiger partial charge in [0.15, 0.2) is 0 Å². The standard InChI is InChI=1S/C20H30O4/c1-13-9-10-16-19(3,11-6-12-20(16,4)18(23)24)15(13)8-5-7-14(2)17(21)22/h7,15-16H,1,5-6,8-12H2,2-4H3,(H,21,22)(H,23,24)/b14-7-/t15-,16+,19+,20-/m1/s1. The zero-order chi connectivity index (χ0) is 18.1. The Kier molecular flexibility index (Phi) is 5.26. The molecular weight excluding hydrogens is 304 g/mol. The van der Waals surface area contributed by atoms with E-state index in [0.717, 1.165) is 38.5 Å². The lowest BCUT2D eigenvalue weighted by atomic mass is 9.46. The zero-order valence-electron chi connectivity index (χ0n) is 15.1. The number of allylic oxidation sites excluding steroid dienone is 2. The number of hydrogen-bond donors (Lipinski definition) is 2. The Labute approximate surface area is 144 Å². The molecule has 0 bridgehead atoms. The van der Waals surface area contributed by atoms with E-state index in [1.807, 2.05) is 6.92 Å². The minimum atomic E-state index is -0.877. The lowest BCUT2D eigenvalue weighted by Crippen LogP contribution is -2.53. The molecule has 24 heavy (non-hydrogen) atoms. The third kappa shape index (κ3) is 3.15. The van der Waals surface area contributed by atoms with Gasteiger partial charge < -0.3 is 10.2 Å². The molecule has 0 saturated heterocycles. The molecular formula is C20H30O4. The van der Waals surface area contributed by atoms with E-state index in [9.17, 15) is 14.7 Å². The number of carboxylic acid groups (broad SMARTS) is 2. The average Bonchev–Trinajstić information content (AvgIpc) is 2.49. The molecule has 0 aromatic rings. The first-order valence-corrected chi connectivity index (χ1v) is 8.94. The van der Waals surface area contributed by atoms with Crippen molar-refractivity contribution in [3.63, 3.8) is 0 Å². The van der Waals surface area contributed by atoms with Gasteiger partial charge in [0.25, 0.3) is 0 Å². The van der Waals surface area contributed by atoms with Crippen LogP contribution in [0.1, 0.15) is 65.7 Å². The van der Waals surface area contributed by atoms with Gasteiger partial charge in [0.2, 0.25) is 0 Å². The molecule has 2 N–H and O–H groups in total. The fourth-order valence-electron chi connectivity index (χ4n) is 5.29. The van der Waals surface area contributed by atoms with E-state index in [0.29, 0.717) is 12.0 Å². The van der Waals surface area contributed by atoms with Crippen molar-refractivity contribution < 1.29 is 19.8 Å². The highest BCUT2D eigenvalue weighted by Gasteiger charge is 2.57. The molecule has 2 aliphatic rings. The van der Waals surface area contributed by atoms with Gasteiger partial charge in [-0.25, -0.2) is 4.79 Å². The number of rotatable bonds is 5. The van der Waals surface area contributed by atoms with Crippen molar-refractivity contribution in [2.45, 2.75) is 65.7 Å². The third-order valence-corrected chi connectivity index (χ3v) is 6.75. The maximum absolute atomic E-state index is 11.9. The predicted octanol–water partition coefficient (Wildman–Crippen LogP) is 4.66. The molecule has 0 radical (unpaired) electrons. The first-order chi connectivity index (χ1) is 11.1. The van der Waals surface area contributed by atoms with Gasteiger partial charge in [-0.3, -0.25) is 4.79 Å². The van der Waals surface area contributed by atoms with Gasteiger partial charge in [-0.15, -0.1) is 0 Å². The average molecular weight is 334 g/mol. The van der Waals surface area contributed by atoms with Crippen molar-refractivity contribution >= 4 is 11.9 Å². The van der Waals surface area contributed by atoms with Gasteiger partial charge in [-0.05, 0) is 69.6 Å². The predicted molar refractivity (Wildman–Crippen MR) is 93.7 cm³/mol. The van der Waals surface area contributed by atoms with Gasteiger partial charge in [-0.1, -0.05) is 31.6 Å². The van der Waals surface area contributed by atoms with Crippen molar-refractivity contribution in [3.05, 3.63) is 23.8 Å². The summed E-state index contributed by atoms with van der Waals surface area (Å²) in [5.74, 6) is -1.12. The van der Waals surface area contributed by atoms with Crippen LogP contribution >= 0.6 is 0 Å².